The summed E-state index contributed by atoms with van der Waals surface area (Å²) in [7, 11) is 1.36. The fourth-order valence-corrected chi connectivity index (χ4v) is 3.66. The zero-order valence-electron chi connectivity index (χ0n) is 16.5. The van der Waals surface area contributed by atoms with Crippen molar-refractivity contribution in [2.24, 2.45) is 0 Å². The molecule has 0 atom stereocenters. The monoisotopic (exact) mass is 439 g/mol. The molecule has 0 saturated heterocycles. The minimum absolute atomic E-state index is 0.324. The molecular weight excluding hydrogens is 421 g/mol. The van der Waals surface area contributed by atoms with Crippen molar-refractivity contribution in [2.75, 3.05) is 7.11 Å². The van der Waals surface area contributed by atoms with Crippen LogP contribution in [0.5, 0.6) is 11.5 Å². The number of rotatable bonds is 5. The molecule has 4 aromatic rings. The number of aryl methyl sites for hydroxylation is 1. The van der Waals surface area contributed by atoms with Crippen LogP contribution in [0.3, 0.4) is 0 Å². The molecule has 0 aliphatic carbocycles. The van der Waals surface area contributed by atoms with Crippen LogP contribution in [0.4, 0.5) is 0 Å². The molecule has 0 saturated carbocycles. The number of nitrogens with zero attached hydrogens (tertiary/aromatic N) is 1. The second kappa shape index (κ2) is 8.42. The summed E-state index contributed by atoms with van der Waals surface area (Å²) in [4.78, 5) is 12.8. The van der Waals surface area contributed by atoms with Crippen molar-refractivity contribution in [2.45, 2.75) is 13.5 Å². The number of hydrogen-bond acceptors (Lipinski definition) is 3. The summed E-state index contributed by atoms with van der Waals surface area (Å²) in [5, 5.41) is 1.94. The number of ether oxygens (including phenoxy) is 2. The van der Waals surface area contributed by atoms with Gasteiger partial charge in [-0.05, 0) is 55.0 Å². The second-order valence-corrected chi connectivity index (χ2v) is 7.83. The minimum Gasteiger partial charge on any atom is -0.464 e. The van der Waals surface area contributed by atoms with E-state index in [9.17, 15) is 4.79 Å². The average molecular weight is 440 g/mol. The molecule has 1 heterocycles. The fourth-order valence-electron chi connectivity index (χ4n) is 3.36. The molecule has 30 heavy (non-hydrogen) atoms. The van der Waals surface area contributed by atoms with Gasteiger partial charge in [0.15, 0.2) is 11.4 Å². The summed E-state index contributed by atoms with van der Waals surface area (Å²) in [6.45, 7) is 2.44. The molecule has 0 fully saturated rings. The zero-order chi connectivity index (χ0) is 21.3. The lowest BCUT2D eigenvalue weighted by molar-refractivity contribution is 0.0586. The number of halogens is 2. The highest BCUT2D eigenvalue weighted by Gasteiger charge is 2.26. The van der Waals surface area contributed by atoms with E-state index in [-0.39, 0.29) is 0 Å². The van der Waals surface area contributed by atoms with Crippen molar-refractivity contribution in [3.8, 4) is 11.5 Å². The molecule has 0 N–H and O–H groups in total. The molecule has 1 aromatic heterocycles. The van der Waals surface area contributed by atoms with Gasteiger partial charge in [0.05, 0.1) is 12.6 Å². The Morgan fingerprint density at radius 3 is 2.27 bits per heavy atom. The molecule has 0 spiro atoms. The Bertz CT molecular complexity index is 1210. The molecular formula is C24H19Cl2NO3. The normalized spacial score (nSPS) is 10.9. The minimum atomic E-state index is -0.488. The number of aromatic nitrogens is 1. The Balaban J connectivity index is 1.91. The summed E-state index contributed by atoms with van der Waals surface area (Å²) >= 11 is 12.3. The van der Waals surface area contributed by atoms with E-state index in [4.69, 9.17) is 32.7 Å². The van der Waals surface area contributed by atoms with Gasteiger partial charge in [-0.25, -0.2) is 4.79 Å². The summed E-state index contributed by atoms with van der Waals surface area (Å²) in [5.74, 6) is 0.548. The Labute approximate surface area is 184 Å². The van der Waals surface area contributed by atoms with E-state index in [0.29, 0.717) is 33.8 Å². The van der Waals surface area contributed by atoms with Crippen LogP contribution < -0.4 is 4.74 Å². The van der Waals surface area contributed by atoms with E-state index < -0.39 is 5.97 Å². The highest BCUT2D eigenvalue weighted by atomic mass is 35.5. The van der Waals surface area contributed by atoms with Gasteiger partial charge in [-0.1, -0.05) is 53.0 Å². The van der Waals surface area contributed by atoms with Crippen molar-refractivity contribution < 1.29 is 14.3 Å². The number of fused-ring (bicyclic) bond motifs is 1. The van der Waals surface area contributed by atoms with E-state index in [1.807, 2.05) is 66.1 Å². The van der Waals surface area contributed by atoms with Crippen LogP contribution in [0.2, 0.25) is 10.0 Å². The maximum absolute atomic E-state index is 12.8. The zero-order valence-corrected chi connectivity index (χ0v) is 18.0. The third-order valence-electron chi connectivity index (χ3n) is 4.85. The number of carbonyl (C=O) groups excluding carboxylic acids is 1. The van der Waals surface area contributed by atoms with Crippen molar-refractivity contribution in [1.29, 1.82) is 0 Å². The molecule has 0 bridgehead atoms. The van der Waals surface area contributed by atoms with Crippen LogP contribution in [-0.4, -0.2) is 17.6 Å². The topological polar surface area (TPSA) is 40.5 Å². The molecule has 4 rings (SSSR count). The smallest absolute Gasteiger partial charge is 0.358 e. The third-order valence-corrected chi connectivity index (χ3v) is 5.34. The molecule has 6 heteroatoms. The lowest BCUT2D eigenvalue weighted by Gasteiger charge is -2.11. The molecule has 0 aliphatic heterocycles. The van der Waals surface area contributed by atoms with E-state index in [1.54, 1.807) is 12.1 Å². The van der Waals surface area contributed by atoms with E-state index in [1.165, 1.54) is 7.11 Å². The summed E-state index contributed by atoms with van der Waals surface area (Å²) in [5.41, 5.74) is 3.24. The number of methoxy groups -OCH3 is 1. The van der Waals surface area contributed by atoms with Gasteiger partial charge in [-0.2, -0.15) is 0 Å². The van der Waals surface area contributed by atoms with Gasteiger partial charge in [-0.3, -0.25) is 0 Å². The van der Waals surface area contributed by atoms with Crippen LogP contribution >= 0.6 is 23.2 Å². The van der Waals surface area contributed by atoms with E-state index in [0.717, 1.165) is 22.0 Å². The van der Waals surface area contributed by atoms with E-state index in [2.05, 4.69) is 0 Å². The van der Waals surface area contributed by atoms with Gasteiger partial charge in [0, 0.05) is 22.0 Å². The number of benzene rings is 3. The lowest BCUT2D eigenvalue weighted by atomic mass is 10.2. The molecule has 4 nitrogen and oxygen atoms in total. The van der Waals surface area contributed by atoms with Crippen molar-refractivity contribution in [3.05, 3.63) is 93.6 Å². The quantitative estimate of drug-likeness (QED) is 0.318. The van der Waals surface area contributed by atoms with Crippen LogP contribution in [0.25, 0.3) is 10.9 Å². The first-order chi connectivity index (χ1) is 14.5. The Kier molecular flexibility index (Phi) is 5.71. The summed E-state index contributed by atoms with van der Waals surface area (Å²) < 4.78 is 13.2. The van der Waals surface area contributed by atoms with Crippen LogP contribution in [-0.2, 0) is 11.3 Å². The van der Waals surface area contributed by atoms with E-state index >= 15 is 0 Å². The predicted octanol–water partition coefficient (Wildman–Crippen LogP) is 6.88. The highest BCUT2D eigenvalue weighted by molar-refractivity contribution is 6.31. The van der Waals surface area contributed by atoms with Gasteiger partial charge >= 0.3 is 5.97 Å². The van der Waals surface area contributed by atoms with Crippen molar-refractivity contribution >= 4 is 40.1 Å². The van der Waals surface area contributed by atoms with Gasteiger partial charge in [-0.15, -0.1) is 0 Å². The molecule has 152 valence electrons. The molecule has 3 aromatic carbocycles. The van der Waals surface area contributed by atoms with Crippen LogP contribution in [0.1, 0.15) is 21.6 Å². The Morgan fingerprint density at radius 1 is 0.933 bits per heavy atom. The lowest BCUT2D eigenvalue weighted by Crippen LogP contribution is -2.12. The van der Waals surface area contributed by atoms with Gasteiger partial charge in [0.2, 0.25) is 0 Å². The molecule has 0 radical (unpaired) electrons. The standard InChI is InChI=1S/C24H19Cl2NO3/c1-15-3-10-19(11-4-15)30-23-20-13-18(26)9-12-21(20)27(22(23)24(28)29-2)14-16-5-7-17(25)8-6-16/h3-13H,14H2,1-2H3. The van der Waals surface area contributed by atoms with Gasteiger partial charge in [0.25, 0.3) is 0 Å². The maximum atomic E-state index is 12.8. The van der Waals surface area contributed by atoms with Gasteiger partial charge in [0.1, 0.15) is 5.75 Å². The van der Waals surface area contributed by atoms with Crippen LogP contribution in [0, 0.1) is 6.92 Å². The SMILES string of the molecule is COC(=O)c1c(Oc2ccc(C)cc2)c2cc(Cl)ccc2n1Cc1ccc(Cl)cc1. The number of esters is 1. The Morgan fingerprint density at radius 2 is 1.60 bits per heavy atom. The van der Waals surface area contributed by atoms with Gasteiger partial charge < -0.3 is 14.0 Å². The molecule has 0 unspecified atom stereocenters. The first kappa shape index (κ1) is 20.3. The third kappa shape index (κ3) is 4.02. The van der Waals surface area contributed by atoms with Crippen LogP contribution in [0.15, 0.2) is 66.7 Å². The Hall–Kier alpha value is -2.95. The fraction of sp³-hybridized carbons (Fsp3) is 0.125. The van der Waals surface area contributed by atoms with Crippen molar-refractivity contribution in [3.63, 3.8) is 0 Å². The first-order valence-corrected chi connectivity index (χ1v) is 10.1. The summed E-state index contributed by atoms with van der Waals surface area (Å²) in [6, 6.07) is 20.6. The largest absolute Gasteiger partial charge is 0.464 e. The second-order valence-electron chi connectivity index (χ2n) is 6.96. The highest BCUT2D eigenvalue weighted by Crippen LogP contribution is 2.39. The number of carbonyl (C=O) groups is 1. The first-order valence-electron chi connectivity index (χ1n) is 9.35. The maximum Gasteiger partial charge on any atom is 0.358 e. The average Bonchev–Trinajstić information content (AvgIpc) is 3.03. The number of hydrogen-bond donors (Lipinski definition) is 0. The summed E-state index contributed by atoms with van der Waals surface area (Å²) in [6.07, 6.45) is 0. The van der Waals surface area contributed by atoms with Crippen molar-refractivity contribution in [1.82, 2.24) is 4.57 Å². The molecule has 0 amide bonds. The predicted molar refractivity (Wildman–Crippen MR) is 120 cm³/mol. The molecule has 0 aliphatic rings.